The maximum Gasteiger partial charge on any atom is 0.266 e. The molecule has 4 aromatic carbocycles. The van der Waals surface area contributed by atoms with Crippen LogP contribution in [0.5, 0.6) is 5.75 Å². The third kappa shape index (κ3) is 6.14. The lowest BCUT2D eigenvalue weighted by atomic mass is 10.1. The van der Waals surface area contributed by atoms with Crippen LogP contribution in [0.15, 0.2) is 120 Å². The molecule has 0 saturated carbocycles. The van der Waals surface area contributed by atoms with E-state index in [9.17, 15) is 9.18 Å². The minimum absolute atomic E-state index is 0.119. The van der Waals surface area contributed by atoms with Crippen molar-refractivity contribution < 1.29 is 13.9 Å². The summed E-state index contributed by atoms with van der Waals surface area (Å²) in [5, 5.41) is 4.88. The first-order valence-corrected chi connectivity index (χ1v) is 14.2. The van der Waals surface area contributed by atoms with Crippen LogP contribution in [0.1, 0.15) is 16.7 Å². The van der Waals surface area contributed by atoms with Crippen molar-refractivity contribution in [2.75, 3.05) is 0 Å². The number of ether oxygens (including phenoxy) is 1. The monoisotopic (exact) mass is 577 g/mol. The molecule has 1 fully saturated rings. The smallest absolute Gasteiger partial charge is 0.266 e. The van der Waals surface area contributed by atoms with Gasteiger partial charge in [-0.1, -0.05) is 84.6 Å². The number of halogens is 1. The number of aromatic nitrogens is 2. The number of thioether (sulfide) groups is 1. The van der Waals surface area contributed by atoms with E-state index in [1.165, 1.54) is 23.9 Å². The molecule has 1 aliphatic rings. The summed E-state index contributed by atoms with van der Waals surface area (Å²) in [5.41, 5.74) is 5.21. The van der Waals surface area contributed by atoms with E-state index in [0.29, 0.717) is 28.1 Å². The van der Waals surface area contributed by atoms with E-state index in [0.717, 1.165) is 33.6 Å². The highest BCUT2D eigenvalue weighted by Gasteiger charge is 2.32. The van der Waals surface area contributed by atoms with Crippen molar-refractivity contribution >= 4 is 40.3 Å². The Balaban J connectivity index is 1.28. The topological polar surface area (TPSA) is 47.4 Å². The number of hydrogen-bond acceptors (Lipinski definition) is 5. The van der Waals surface area contributed by atoms with Gasteiger partial charge in [-0.15, -0.1) is 0 Å². The van der Waals surface area contributed by atoms with E-state index in [4.69, 9.17) is 22.1 Å². The second kappa shape index (κ2) is 11.9. The van der Waals surface area contributed by atoms with Gasteiger partial charge in [-0.3, -0.25) is 9.69 Å². The average Bonchev–Trinajstić information content (AvgIpc) is 3.54. The van der Waals surface area contributed by atoms with Gasteiger partial charge in [0, 0.05) is 17.3 Å². The van der Waals surface area contributed by atoms with Crippen LogP contribution in [-0.2, 0) is 17.9 Å². The summed E-state index contributed by atoms with van der Waals surface area (Å²) in [6.45, 7) is 0.761. The fourth-order valence-corrected chi connectivity index (χ4v) is 5.68. The predicted octanol–water partition coefficient (Wildman–Crippen LogP) is 7.66. The van der Waals surface area contributed by atoms with E-state index in [-0.39, 0.29) is 11.7 Å². The molecule has 1 aliphatic heterocycles. The zero-order valence-corrected chi connectivity index (χ0v) is 23.4. The largest absolute Gasteiger partial charge is 0.489 e. The molecular formula is C33H24FN3O2S2. The SMILES string of the molecule is O=C1C(=Cc2cn(-c3ccccc3)nc2-c2ccc(OCc3ccc(F)cc3)cc2)SC(=S)N1Cc1ccccc1. The molecule has 1 aromatic heterocycles. The number of rotatable bonds is 8. The maximum absolute atomic E-state index is 13.4. The minimum Gasteiger partial charge on any atom is -0.489 e. The summed E-state index contributed by atoms with van der Waals surface area (Å²) in [7, 11) is 0. The zero-order chi connectivity index (χ0) is 28.2. The molecule has 0 bridgehead atoms. The Morgan fingerprint density at radius 3 is 2.24 bits per heavy atom. The Morgan fingerprint density at radius 1 is 0.854 bits per heavy atom. The maximum atomic E-state index is 13.4. The average molecular weight is 578 g/mol. The molecule has 0 radical (unpaired) electrons. The highest BCUT2D eigenvalue weighted by Crippen LogP contribution is 2.36. The normalized spacial score (nSPS) is 14.2. The van der Waals surface area contributed by atoms with Crippen LogP contribution in [-0.4, -0.2) is 24.9 Å². The van der Waals surface area contributed by atoms with Gasteiger partial charge in [-0.25, -0.2) is 9.07 Å². The summed E-state index contributed by atoms with van der Waals surface area (Å²) in [4.78, 5) is 15.6. The number of benzene rings is 4. The number of thiocarbonyl (C=S) groups is 1. The van der Waals surface area contributed by atoms with Crippen LogP contribution in [0, 0.1) is 5.82 Å². The van der Waals surface area contributed by atoms with Gasteiger partial charge >= 0.3 is 0 Å². The Bertz CT molecular complexity index is 1720. The third-order valence-electron chi connectivity index (χ3n) is 6.55. The summed E-state index contributed by atoms with van der Waals surface area (Å²) >= 11 is 6.87. The molecule has 0 aliphatic carbocycles. The molecule has 202 valence electrons. The van der Waals surface area contributed by atoms with Crippen LogP contribution in [0.4, 0.5) is 4.39 Å². The standard InChI is InChI=1S/C33H24FN3O2S2/c34-27-15-11-24(12-16-27)22-39-29-17-13-25(14-18-29)31-26(21-37(35-31)28-9-5-2-6-10-28)19-30-32(38)36(33(40)41-30)20-23-7-3-1-4-8-23/h1-19,21H,20,22H2. The molecule has 8 heteroatoms. The molecule has 2 heterocycles. The molecule has 1 saturated heterocycles. The lowest BCUT2D eigenvalue weighted by Crippen LogP contribution is -2.27. The lowest BCUT2D eigenvalue weighted by molar-refractivity contribution is -0.122. The van der Waals surface area contributed by atoms with Gasteiger partial charge in [0.2, 0.25) is 0 Å². The molecule has 6 rings (SSSR count). The number of para-hydroxylation sites is 1. The van der Waals surface area contributed by atoms with Crippen molar-refractivity contribution in [2.24, 2.45) is 0 Å². The molecule has 0 spiro atoms. The van der Waals surface area contributed by atoms with Crippen molar-refractivity contribution in [3.63, 3.8) is 0 Å². The molecule has 0 N–H and O–H groups in total. The van der Waals surface area contributed by atoms with Crippen molar-refractivity contribution in [2.45, 2.75) is 13.2 Å². The minimum atomic E-state index is -0.276. The highest BCUT2D eigenvalue weighted by molar-refractivity contribution is 8.26. The van der Waals surface area contributed by atoms with Gasteiger partial charge in [0.25, 0.3) is 5.91 Å². The number of hydrogen-bond donors (Lipinski definition) is 0. The first-order valence-electron chi connectivity index (χ1n) is 13.0. The quantitative estimate of drug-likeness (QED) is 0.140. The fraction of sp³-hybridized carbons (Fsp3) is 0.0606. The van der Waals surface area contributed by atoms with Crippen LogP contribution in [0.3, 0.4) is 0 Å². The molecule has 1 amide bonds. The zero-order valence-electron chi connectivity index (χ0n) is 21.8. The van der Waals surface area contributed by atoms with Crippen LogP contribution >= 0.6 is 24.0 Å². The van der Waals surface area contributed by atoms with Gasteiger partial charge in [0.15, 0.2) is 0 Å². The summed E-state index contributed by atoms with van der Waals surface area (Å²) in [6, 6.07) is 33.5. The van der Waals surface area contributed by atoms with E-state index >= 15 is 0 Å². The molecule has 5 nitrogen and oxygen atoms in total. The van der Waals surface area contributed by atoms with Gasteiger partial charge in [0.1, 0.15) is 22.5 Å². The first kappa shape index (κ1) is 26.7. The van der Waals surface area contributed by atoms with Crippen LogP contribution in [0.2, 0.25) is 0 Å². The van der Waals surface area contributed by atoms with Gasteiger partial charge in [-0.2, -0.15) is 5.10 Å². The number of amides is 1. The molecule has 0 atom stereocenters. The summed E-state index contributed by atoms with van der Waals surface area (Å²) in [6.07, 6.45) is 3.79. The highest BCUT2D eigenvalue weighted by atomic mass is 32.2. The van der Waals surface area contributed by atoms with Crippen molar-refractivity contribution in [1.29, 1.82) is 0 Å². The van der Waals surface area contributed by atoms with E-state index in [1.807, 2.05) is 102 Å². The first-order chi connectivity index (χ1) is 20.0. The fourth-order valence-electron chi connectivity index (χ4n) is 4.43. The second-order valence-electron chi connectivity index (χ2n) is 9.41. The number of carbonyl (C=O) groups excluding carboxylic acids is 1. The molecule has 5 aromatic rings. The van der Waals surface area contributed by atoms with Crippen molar-refractivity contribution in [3.8, 4) is 22.7 Å². The lowest BCUT2D eigenvalue weighted by Gasteiger charge is -2.14. The van der Waals surface area contributed by atoms with Gasteiger partial charge in [0.05, 0.1) is 22.8 Å². The Kier molecular flexibility index (Phi) is 7.75. The van der Waals surface area contributed by atoms with Crippen LogP contribution < -0.4 is 4.74 Å². The molecule has 41 heavy (non-hydrogen) atoms. The van der Waals surface area contributed by atoms with E-state index < -0.39 is 0 Å². The number of carbonyl (C=O) groups is 1. The predicted molar refractivity (Wildman–Crippen MR) is 165 cm³/mol. The van der Waals surface area contributed by atoms with Crippen molar-refractivity contribution in [1.82, 2.24) is 14.7 Å². The van der Waals surface area contributed by atoms with Crippen LogP contribution in [0.25, 0.3) is 23.0 Å². The van der Waals surface area contributed by atoms with E-state index in [2.05, 4.69) is 0 Å². The Labute approximate surface area is 246 Å². The second-order valence-corrected chi connectivity index (χ2v) is 11.1. The molecule has 0 unspecified atom stereocenters. The Hall–Kier alpha value is -4.53. The van der Waals surface area contributed by atoms with Gasteiger partial charge in [-0.05, 0) is 65.7 Å². The molecular weight excluding hydrogens is 554 g/mol. The third-order valence-corrected chi connectivity index (χ3v) is 7.93. The summed E-state index contributed by atoms with van der Waals surface area (Å²) < 4.78 is 21.4. The number of nitrogens with zero attached hydrogens (tertiary/aromatic N) is 3. The van der Waals surface area contributed by atoms with Crippen molar-refractivity contribution in [3.05, 3.63) is 143 Å². The Morgan fingerprint density at radius 2 is 1.54 bits per heavy atom. The summed E-state index contributed by atoms with van der Waals surface area (Å²) in [5.74, 6) is 0.290. The van der Waals surface area contributed by atoms with Gasteiger partial charge < -0.3 is 4.74 Å². The van der Waals surface area contributed by atoms with E-state index in [1.54, 1.807) is 17.0 Å².